The second kappa shape index (κ2) is 8.14. The molecule has 1 heterocycles. The highest BCUT2D eigenvalue weighted by Gasteiger charge is 2.11. The van der Waals surface area contributed by atoms with E-state index in [1.54, 1.807) is 0 Å². The number of rotatable bonds is 4. The molecule has 0 aliphatic carbocycles. The Morgan fingerprint density at radius 3 is 1.43 bits per heavy atom. The predicted octanol–water partition coefficient (Wildman–Crippen LogP) is 7.14. The summed E-state index contributed by atoms with van der Waals surface area (Å²) in [7, 11) is 0. The maximum Gasteiger partial charge on any atom is 0.160 e. The average molecular weight is 384 g/mol. The molecule has 0 radical (unpaired) electrons. The minimum Gasteiger partial charge on any atom is -0.228 e. The van der Waals surface area contributed by atoms with Crippen molar-refractivity contribution in [3.8, 4) is 45.0 Å². The molecule has 5 aromatic rings. The molecule has 30 heavy (non-hydrogen) atoms. The highest BCUT2D eigenvalue weighted by molar-refractivity contribution is 5.75. The van der Waals surface area contributed by atoms with Gasteiger partial charge in [0.1, 0.15) is 0 Å². The van der Waals surface area contributed by atoms with Crippen LogP contribution < -0.4 is 0 Å². The lowest BCUT2D eigenvalue weighted by Gasteiger charge is -2.10. The highest BCUT2D eigenvalue weighted by Crippen LogP contribution is 2.30. The zero-order chi connectivity index (χ0) is 20.2. The van der Waals surface area contributed by atoms with Crippen molar-refractivity contribution in [1.82, 2.24) is 9.97 Å². The van der Waals surface area contributed by atoms with Crippen LogP contribution in [-0.2, 0) is 0 Å². The fraction of sp³-hybridized carbons (Fsp3) is 0. The van der Waals surface area contributed by atoms with Gasteiger partial charge in [-0.05, 0) is 23.3 Å². The smallest absolute Gasteiger partial charge is 0.160 e. The molecular formula is C28H20N2. The minimum absolute atomic E-state index is 0.733. The van der Waals surface area contributed by atoms with E-state index >= 15 is 0 Å². The quantitative estimate of drug-likeness (QED) is 0.329. The molecule has 2 heteroatoms. The summed E-state index contributed by atoms with van der Waals surface area (Å²) < 4.78 is 0. The molecule has 5 rings (SSSR count). The van der Waals surface area contributed by atoms with Crippen LogP contribution in [0, 0.1) is 0 Å². The first kappa shape index (κ1) is 18.0. The Labute approximate surface area is 176 Å². The summed E-state index contributed by atoms with van der Waals surface area (Å²) in [6.45, 7) is 0. The van der Waals surface area contributed by atoms with Crippen molar-refractivity contribution in [2.24, 2.45) is 0 Å². The van der Waals surface area contributed by atoms with Crippen LogP contribution in [0.4, 0.5) is 0 Å². The van der Waals surface area contributed by atoms with Crippen molar-refractivity contribution in [2.75, 3.05) is 0 Å². The molecule has 0 unspecified atom stereocenters. The van der Waals surface area contributed by atoms with Crippen LogP contribution in [0.25, 0.3) is 45.0 Å². The topological polar surface area (TPSA) is 25.8 Å². The standard InChI is InChI=1S/C28H20N2/c1-4-11-21(12-5-1)24-17-10-18-25(19-24)27-20-26(22-13-6-2-7-14-22)29-28(30-27)23-15-8-3-9-16-23/h1-20H. The molecule has 2 nitrogen and oxygen atoms in total. The lowest BCUT2D eigenvalue weighted by Crippen LogP contribution is -1.96. The van der Waals surface area contributed by atoms with Crippen molar-refractivity contribution in [1.29, 1.82) is 0 Å². The number of hydrogen-bond acceptors (Lipinski definition) is 2. The second-order valence-corrected chi connectivity index (χ2v) is 7.14. The van der Waals surface area contributed by atoms with Gasteiger partial charge in [-0.3, -0.25) is 0 Å². The molecule has 0 amide bonds. The van der Waals surface area contributed by atoms with Crippen molar-refractivity contribution in [3.05, 3.63) is 121 Å². The summed E-state index contributed by atoms with van der Waals surface area (Å²) in [4.78, 5) is 9.79. The predicted molar refractivity (Wildman–Crippen MR) is 124 cm³/mol. The Hall–Kier alpha value is -4.04. The third kappa shape index (κ3) is 3.76. The zero-order valence-electron chi connectivity index (χ0n) is 16.4. The van der Waals surface area contributed by atoms with Gasteiger partial charge in [-0.15, -0.1) is 0 Å². The van der Waals surface area contributed by atoms with Crippen LogP contribution in [-0.4, -0.2) is 9.97 Å². The summed E-state index contributed by atoms with van der Waals surface area (Å²) in [5, 5.41) is 0. The molecule has 1 aromatic heterocycles. The van der Waals surface area contributed by atoms with Gasteiger partial charge in [-0.1, -0.05) is 109 Å². The molecule has 4 aromatic carbocycles. The molecule has 0 spiro atoms. The van der Waals surface area contributed by atoms with Gasteiger partial charge in [0.2, 0.25) is 0 Å². The largest absolute Gasteiger partial charge is 0.228 e. The van der Waals surface area contributed by atoms with Gasteiger partial charge in [-0.2, -0.15) is 0 Å². The van der Waals surface area contributed by atoms with E-state index in [2.05, 4.69) is 66.7 Å². The fourth-order valence-corrected chi connectivity index (χ4v) is 3.56. The summed E-state index contributed by atoms with van der Waals surface area (Å²) in [6.07, 6.45) is 0. The highest BCUT2D eigenvalue weighted by atomic mass is 14.9. The molecule has 0 atom stereocenters. The molecule has 142 valence electrons. The van der Waals surface area contributed by atoms with Crippen LogP contribution in [0.3, 0.4) is 0 Å². The molecule has 0 saturated carbocycles. The normalized spacial score (nSPS) is 10.7. The summed E-state index contributed by atoms with van der Waals surface area (Å²) >= 11 is 0. The van der Waals surface area contributed by atoms with Crippen LogP contribution in [0.5, 0.6) is 0 Å². The molecule has 0 bridgehead atoms. The first-order chi connectivity index (χ1) is 14.9. The third-order valence-corrected chi connectivity index (χ3v) is 5.09. The Balaban J connectivity index is 1.67. The van der Waals surface area contributed by atoms with E-state index in [9.17, 15) is 0 Å². The van der Waals surface area contributed by atoms with E-state index in [-0.39, 0.29) is 0 Å². The third-order valence-electron chi connectivity index (χ3n) is 5.09. The Kier molecular flexibility index (Phi) is 4.89. The van der Waals surface area contributed by atoms with Gasteiger partial charge in [0.25, 0.3) is 0 Å². The number of benzene rings is 4. The number of aromatic nitrogens is 2. The molecule has 0 saturated heterocycles. The Morgan fingerprint density at radius 1 is 0.333 bits per heavy atom. The first-order valence-corrected chi connectivity index (χ1v) is 10.0. The second-order valence-electron chi connectivity index (χ2n) is 7.14. The van der Waals surface area contributed by atoms with Crippen molar-refractivity contribution >= 4 is 0 Å². The van der Waals surface area contributed by atoms with Crippen molar-refractivity contribution < 1.29 is 0 Å². The van der Waals surface area contributed by atoms with Crippen LogP contribution in [0.15, 0.2) is 121 Å². The van der Waals surface area contributed by atoms with E-state index in [0.29, 0.717) is 0 Å². The monoisotopic (exact) mass is 384 g/mol. The molecule has 0 aliphatic rings. The molecular weight excluding hydrogens is 364 g/mol. The van der Waals surface area contributed by atoms with Gasteiger partial charge in [0, 0.05) is 16.7 Å². The number of hydrogen-bond donors (Lipinski definition) is 0. The maximum atomic E-state index is 4.92. The van der Waals surface area contributed by atoms with Gasteiger partial charge < -0.3 is 0 Å². The molecule has 0 fully saturated rings. The summed E-state index contributed by atoms with van der Waals surface area (Å²) in [5.41, 5.74) is 7.38. The summed E-state index contributed by atoms with van der Waals surface area (Å²) in [5.74, 6) is 0.733. The van der Waals surface area contributed by atoms with Crippen LogP contribution in [0.1, 0.15) is 0 Å². The lowest BCUT2D eigenvalue weighted by atomic mass is 10.0. The maximum absolute atomic E-state index is 4.92. The van der Waals surface area contributed by atoms with E-state index in [1.807, 2.05) is 54.6 Å². The van der Waals surface area contributed by atoms with Gasteiger partial charge >= 0.3 is 0 Å². The summed E-state index contributed by atoms with van der Waals surface area (Å²) in [6, 6.07) is 41.4. The Bertz CT molecular complexity index is 1210. The first-order valence-electron chi connectivity index (χ1n) is 10.0. The average Bonchev–Trinajstić information content (AvgIpc) is 2.85. The van der Waals surface area contributed by atoms with Crippen molar-refractivity contribution in [2.45, 2.75) is 0 Å². The lowest BCUT2D eigenvalue weighted by molar-refractivity contribution is 1.18. The van der Waals surface area contributed by atoms with Gasteiger partial charge in [0.05, 0.1) is 11.4 Å². The number of nitrogens with zero attached hydrogens (tertiary/aromatic N) is 2. The Morgan fingerprint density at radius 2 is 0.800 bits per heavy atom. The van der Waals surface area contributed by atoms with E-state index in [4.69, 9.17) is 9.97 Å². The van der Waals surface area contributed by atoms with E-state index in [1.165, 1.54) is 11.1 Å². The SMILES string of the molecule is c1ccc(-c2cccc(-c3cc(-c4ccccc4)nc(-c4ccccc4)n3)c2)cc1. The van der Waals surface area contributed by atoms with E-state index < -0.39 is 0 Å². The fourth-order valence-electron chi connectivity index (χ4n) is 3.56. The zero-order valence-corrected chi connectivity index (χ0v) is 16.4. The van der Waals surface area contributed by atoms with Crippen molar-refractivity contribution in [3.63, 3.8) is 0 Å². The minimum atomic E-state index is 0.733. The van der Waals surface area contributed by atoms with Gasteiger partial charge in [0.15, 0.2) is 5.82 Å². The van der Waals surface area contributed by atoms with E-state index in [0.717, 1.165) is 33.9 Å². The van der Waals surface area contributed by atoms with Crippen LogP contribution in [0.2, 0.25) is 0 Å². The molecule has 0 aliphatic heterocycles. The van der Waals surface area contributed by atoms with Gasteiger partial charge in [-0.25, -0.2) is 9.97 Å². The van der Waals surface area contributed by atoms with Crippen LogP contribution >= 0.6 is 0 Å². The molecule has 0 N–H and O–H groups in total.